The van der Waals surface area contributed by atoms with Gasteiger partial charge in [-0.2, -0.15) is 9.82 Å². The number of anilines is 1. The maximum Gasteiger partial charge on any atom is 0.345 e. The predicted molar refractivity (Wildman–Crippen MR) is 131 cm³/mol. The maximum absolute atomic E-state index is 13.3. The Morgan fingerprint density at radius 3 is 2.70 bits per heavy atom. The van der Waals surface area contributed by atoms with Crippen molar-refractivity contribution >= 4 is 38.8 Å². The van der Waals surface area contributed by atoms with Crippen LogP contribution < -0.4 is 15.4 Å². The number of benzene rings is 1. The third-order valence-corrected chi connectivity index (χ3v) is 7.47. The van der Waals surface area contributed by atoms with Gasteiger partial charge in [0.05, 0.1) is 17.3 Å². The molecule has 1 aromatic carbocycles. The highest BCUT2D eigenvalue weighted by atomic mass is 32.2. The Bertz CT molecular complexity index is 1490. The van der Waals surface area contributed by atoms with E-state index in [2.05, 4.69) is 40.7 Å². The molecule has 6 N–H and O–H groups in total. The molecule has 15 heteroatoms. The highest BCUT2D eigenvalue weighted by Crippen LogP contribution is 2.24. The molecule has 0 saturated carbocycles. The monoisotopic (exact) mass is 530 g/mol. The Labute approximate surface area is 211 Å². The number of fused-ring (bicyclic) bond motifs is 1. The van der Waals surface area contributed by atoms with Crippen molar-refractivity contribution in [2.75, 3.05) is 11.9 Å². The van der Waals surface area contributed by atoms with Crippen LogP contribution in [0.4, 0.5) is 5.95 Å². The van der Waals surface area contributed by atoms with Crippen molar-refractivity contribution in [3.8, 4) is 0 Å². The van der Waals surface area contributed by atoms with E-state index < -0.39 is 27.6 Å². The fourth-order valence-corrected chi connectivity index (χ4v) is 5.63. The van der Waals surface area contributed by atoms with E-state index >= 15 is 0 Å². The number of H-pyrrole nitrogens is 2. The first kappa shape index (κ1) is 25.8. The van der Waals surface area contributed by atoms with Crippen molar-refractivity contribution in [3.63, 3.8) is 0 Å². The molecule has 3 heterocycles. The number of nitrogens with one attached hydrogen (secondary N) is 5. The number of unbranched alkanes of at least 4 members (excludes halogenated alkanes) is 1. The zero-order valence-corrected chi connectivity index (χ0v) is 20.8. The molecule has 37 heavy (non-hydrogen) atoms. The minimum Gasteiger partial charge on any atom is -0.478 e. The Morgan fingerprint density at radius 2 is 2.03 bits per heavy atom. The molecule has 1 atom stereocenters. The average Bonchev–Trinajstić information content (AvgIpc) is 3.59. The molecule has 4 aromatic rings. The van der Waals surface area contributed by atoms with Gasteiger partial charge in [-0.15, -0.1) is 0 Å². The number of hydrogen-bond acceptors (Lipinski definition) is 9. The van der Waals surface area contributed by atoms with Crippen molar-refractivity contribution in [2.45, 2.75) is 43.7 Å². The summed E-state index contributed by atoms with van der Waals surface area (Å²) in [6.45, 7) is 3.25. The number of carbonyl (C=O) groups excluding carboxylic acids is 1. The fraction of sp³-hybridized carbons (Fsp3) is 0.318. The third-order valence-electron chi connectivity index (χ3n) is 5.73. The number of aromatic amines is 2. The molecule has 0 radical (unpaired) electrons. The molecule has 3 aromatic heterocycles. The lowest BCUT2D eigenvalue weighted by molar-refractivity contribution is -0.145. The first-order valence-corrected chi connectivity index (χ1v) is 12.8. The average molecular weight is 531 g/mol. The van der Waals surface area contributed by atoms with Crippen molar-refractivity contribution in [1.29, 1.82) is 0 Å². The van der Waals surface area contributed by atoms with Gasteiger partial charge in [0.25, 0.3) is 5.91 Å². The molecule has 0 saturated heterocycles. The molecule has 4 rings (SSSR count). The zero-order valence-electron chi connectivity index (χ0n) is 20.0. The van der Waals surface area contributed by atoms with E-state index in [1.165, 1.54) is 26.1 Å². The predicted octanol–water partition coefficient (Wildman–Crippen LogP) is 1.66. The molecule has 196 valence electrons. The second kappa shape index (κ2) is 10.4. The van der Waals surface area contributed by atoms with Crippen LogP contribution in [0.3, 0.4) is 0 Å². The molecule has 1 amide bonds. The molecule has 14 nitrogen and oxygen atoms in total. The summed E-state index contributed by atoms with van der Waals surface area (Å²) in [4.78, 5) is 32.6. The van der Waals surface area contributed by atoms with Crippen molar-refractivity contribution in [1.82, 2.24) is 35.4 Å². The van der Waals surface area contributed by atoms with Gasteiger partial charge in [0, 0.05) is 24.3 Å². The number of nitrogens with zero attached hydrogens (tertiary/aromatic N) is 3. The molecule has 1 unspecified atom stereocenters. The van der Waals surface area contributed by atoms with E-state index in [0.717, 1.165) is 0 Å². The lowest BCUT2D eigenvalue weighted by Crippen LogP contribution is -2.65. The summed E-state index contributed by atoms with van der Waals surface area (Å²) in [5.41, 5.74) is -1.83. The van der Waals surface area contributed by atoms with Gasteiger partial charge in [-0.3, -0.25) is 9.89 Å². The Balaban J connectivity index is 1.62. The van der Waals surface area contributed by atoms with Gasteiger partial charge in [0.15, 0.2) is 11.7 Å². The van der Waals surface area contributed by atoms with Crippen LogP contribution in [-0.4, -0.2) is 62.9 Å². The highest BCUT2D eigenvalue weighted by molar-refractivity contribution is 7.89. The Kier molecular flexibility index (Phi) is 7.26. The topological polar surface area (TPSA) is 208 Å². The van der Waals surface area contributed by atoms with E-state index in [0.29, 0.717) is 29.8 Å². The molecule has 0 aliphatic rings. The first-order chi connectivity index (χ1) is 17.6. The highest BCUT2D eigenvalue weighted by Gasteiger charge is 2.45. The van der Waals surface area contributed by atoms with E-state index in [1.54, 1.807) is 24.5 Å². The standard InChI is InChI=1S/C22H26N8O6S/c1-13-18(14(2)36-29-13)37(34,35)30-22(20(32)33,8-3-4-9-23-21-24-10-11-25-21)27-19(31)16-7-5-6-15-12-26-28-17(15)16/h5-7,10-12,30H,3-4,8-9H2,1-2H3,(H,26,28)(H,27,31)(H,32,33)(H2,23,24,25). The largest absolute Gasteiger partial charge is 0.478 e. The van der Waals surface area contributed by atoms with Gasteiger partial charge in [-0.1, -0.05) is 17.3 Å². The lowest BCUT2D eigenvalue weighted by atomic mass is 10.0. The summed E-state index contributed by atoms with van der Waals surface area (Å²) in [5.74, 6) is -1.84. The molecule has 0 aliphatic carbocycles. The van der Waals surface area contributed by atoms with Crippen LogP contribution in [0.1, 0.15) is 41.1 Å². The summed E-state index contributed by atoms with van der Waals surface area (Å²) in [7, 11) is -4.47. The van der Waals surface area contributed by atoms with E-state index in [1.807, 2.05) is 0 Å². The number of amides is 1. The summed E-state index contributed by atoms with van der Waals surface area (Å²) >= 11 is 0. The zero-order chi connectivity index (χ0) is 26.6. The summed E-state index contributed by atoms with van der Waals surface area (Å²) in [6, 6.07) is 4.83. The maximum atomic E-state index is 13.3. The SMILES string of the molecule is Cc1noc(C)c1S(=O)(=O)NC(CCCCNc1ncc[nH]1)(NC(=O)c1cccc2cn[nH]c12)C(=O)O. The summed E-state index contributed by atoms with van der Waals surface area (Å²) in [5, 5.41) is 26.6. The minimum atomic E-state index is -4.47. The van der Waals surface area contributed by atoms with Gasteiger partial charge < -0.3 is 25.2 Å². The van der Waals surface area contributed by atoms with Crippen LogP contribution in [0.2, 0.25) is 0 Å². The molecular weight excluding hydrogens is 504 g/mol. The lowest BCUT2D eigenvalue weighted by Gasteiger charge is -2.31. The van der Waals surface area contributed by atoms with Gasteiger partial charge in [-0.05, 0) is 39.2 Å². The van der Waals surface area contributed by atoms with Gasteiger partial charge in [0.2, 0.25) is 15.7 Å². The number of sulfonamides is 1. The number of imidazole rings is 1. The molecule has 0 bridgehead atoms. The van der Waals surface area contributed by atoms with Crippen LogP contribution in [0.5, 0.6) is 0 Å². The number of aromatic nitrogens is 5. The number of carboxylic acid groups (broad SMARTS) is 1. The van der Waals surface area contributed by atoms with Gasteiger partial charge in [-0.25, -0.2) is 18.2 Å². The van der Waals surface area contributed by atoms with E-state index in [9.17, 15) is 23.1 Å². The van der Waals surface area contributed by atoms with Gasteiger partial charge in [0.1, 0.15) is 10.6 Å². The number of hydrogen-bond donors (Lipinski definition) is 6. The number of aryl methyl sites for hydroxylation is 2. The fourth-order valence-electron chi connectivity index (χ4n) is 3.98. The Hall–Kier alpha value is -4.24. The normalized spacial score (nSPS) is 13.4. The number of aliphatic carboxylic acids is 1. The number of carboxylic acids is 1. The summed E-state index contributed by atoms with van der Waals surface area (Å²) in [6.07, 6.45) is 5.18. The molecule has 0 aliphatic heterocycles. The van der Waals surface area contributed by atoms with Crippen molar-refractivity contribution in [2.24, 2.45) is 0 Å². The second-order valence-corrected chi connectivity index (χ2v) is 10.0. The smallest absolute Gasteiger partial charge is 0.345 e. The van der Waals surface area contributed by atoms with Crippen molar-refractivity contribution in [3.05, 3.63) is 53.8 Å². The minimum absolute atomic E-state index is 0.0134. The second-order valence-electron chi connectivity index (χ2n) is 8.38. The number of para-hydroxylation sites is 1. The third kappa shape index (κ3) is 5.46. The molecule has 0 fully saturated rings. The van der Waals surface area contributed by atoms with Crippen molar-refractivity contribution < 1.29 is 27.6 Å². The number of rotatable bonds is 12. The van der Waals surface area contributed by atoms with Crippen LogP contribution in [0.25, 0.3) is 10.9 Å². The van der Waals surface area contributed by atoms with Crippen LogP contribution in [-0.2, 0) is 14.8 Å². The number of carbonyl (C=O) groups is 2. The first-order valence-electron chi connectivity index (χ1n) is 11.3. The Morgan fingerprint density at radius 1 is 1.22 bits per heavy atom. The van der Waals surface area contributed by atoms with E-state index in [4.69, 9.17) is 4.52 Å². The molecular formula is C22H26N8O6S. The van der Waals surface area contributed by atoms with Crippen LogP contribution >= 0.6 is 0 Å². The quantitative estimate of drug-likeness (QED) is 0.115. The van der Waals surface area contributed by atoms with Crippen LogP contribution in [0, 0.1) is 13.8 Å². The molecule has 0 spiro atoms. The van der Waals surface area contributed by atoms with E-state index in [-0.39, 0.29) is 34.8 Å². The summed E-state index contributed by atoms with van der Waals surface area (Å²) < 4.78 is 33.8. The van der Waals surface area contributed by atoms with Crippen LogP contribution in [0.15, 0.2) is 46.2 Å². The van der Waals surface area contributed by atoms with Gasteiger partial charge >= 0.3 is 5.97 Å².